The predicted octanol–water partition coefficient (Wildman–Crippen LogP) is 2.45. The average Bonchev–Trinajstić information content (AvgIpc) is 2.56. The molecule has 0 spiro atoms. The highest BCUT2D eigenvalue weighted by Gasteiger charge is 2.13. The molecule has 0 amide bonds. The zero-order valence-electron chi connectivity index (χ0n) is 12.0. The van der Waals surface area contributed by atoms with Crippen LogP contribution in [0.2, 0.25) is 0 Å². The minimum atomic E-state index is -0.426. The lowest BCUT2D eigenvalue weighted by Crippen LogP contribution is -2.19. The molecule has 108 valence electrons. The number of rotatable bonds is 6. The first-order valence-electron chi connectivity index (χ1n) is 6.52. The molecule has 2 rings (SSSR count). The maximum absolute atomic E-state index is 9.35. The van der Waals surface area contributed by atoms with Gasteiger partial charge >= 0.3 is 0 Å². The van der Waals surface area contributed by atoms with E-state index in [1.54, 1.807) is 32.7 Å². The van der Waals surface area contributed by atoms with Crippen molar-refractivity contribution in [3.05, 3.63) is 53.9 Å². The fourth-order valence-corrected chi connectivity index (χ4v) is 1.99. The third-order valence-corrected chi connectivity index (χ3v) is 3.10. The number of hydrogen-bond acceptors (Lipinski definition) is 5. The van der Waals surface area contributed by atoms with Gasteiger partial charge in [-0.1, -0.05) is 12.1 Å². The first kappa shape index (κ1) is 14.8. The van der Waals surface area contributed by atoms with Crippen LogP contribution in [0.15, 0.2) is 42.7 Å². The van der Waals surface area contributed by atoms with Gasteiger partial charge in [-0.25, -0.2) is 0 Å². The summed E-state index contributed by atoms with van der Waals surface area (Å²) < 4.78 is 10.5. The van der Waals surface area contributed by atoms with Gasteiger partial charge in [-0.05, 0) is 29.3 Å². The van der Waals surface area contributed by atoms with E-state index in [2.05, 4.69) is 16.4 Å². The SMILES string of the molecule is COc1ccc(C(C#N)NCc2cccnc2)cc1OC. The molecule has 5 nitrogen and oxygen atoms in total. The van der Waals surface area contributed by atoms with Crippen molar-refractivity contribution in [1.82, 2.24) is 10.3 Å². The van der Waals surface area contributed by atoms with Gasteiger partial charge in [0, 0.05) is 18.9 Å². The molecule has 1 aromatic carbocycles. The fraction of sp³-hybridized carbons (Fsp3) is 0.250. The van der Waals surface area contributed by atoms with Crippen LogP contribution in [0.1, 0.15) is 17.2 Å². The minimum Gasteiger partial charge on any atom is -0.493 e. The molecule has 1 N–H and O–H groups in total. The zero-order valence-corrected chi connectivity index (χ0v) is 12.0. The van der Waals surface area contributed by atoms with Crippen LogP contribution in [0.4, 0.5) is 0 Å². The molecule has 0 bridgehead atoms. The largest absolute Gasteiger partial charge is 0.493 e. The minimum absolute atomic E-state index is 0.426. The Bertz CT molecular complexity index is 623. The number of methoxy groups -OCH3 is 2. The van der Waals surface area contributed by atoms with Crippen LogP contribution in [0.3, 0.4) is 0 Å². The van der Waals surface area contributed by atoms with E-state index in [1.165, 1.54) is 0 Å². The molecule has 1 heterocycles. The van der Waals surface area contributed by atoms with E-state index in [1.807, 2.05) is 24.3 Å². The molecule has 0 aliphatic carbocycles. The maximum atomic E-state index is 9.35. The average molecular weight is 283 g/mol. The van der Waals surface area contributed by atoms with E-state index >= 15 is 0 Å². The van der Waals surface area contributed by atoms with Crippen LogP contribution in [-0.4, -0.2) is 19.2 Å². The van der Waals surface area contributed by atoms with Crippen LogP contribution in [0, 0.1) is 11.3 Å². The Morgan fingerprint density at radius 1 is 1.24 bits per heavy atom. The van der Waals surface area contributed by atoms with Gasteiger partial charge in [-0.3, -0.25) is 10.3 Å². The fourth-order valence-electron chi connectivity index (χ4n) is 1.99. The smallest absolute Gasteiger partial charge is 0.161 e. The van der Waals surface area contributed by atoms with Crippen LogP contribution < -0.4 is 14.8 Å². The second kappa shape index (κ2) is 7.27. The van der Waals surface area contributed by atoms with Gasteiger partial charge in [0.1, 0.15) is 6.04 Å². The molecule has 0 fully saturated rings. The molecule has 2 aromatic rings. The van der Waals surface area contributed by atoms with Crippen molar-refractivity contribution in [2.45, 2.75) is 12.6 Å². The van der Waals surface area contributed by atoms with Crippen LogP contribution in [0.5, 0.6) is 11.5 Å². The molecular formula is C16H17N3O2. The first-order chi connectivity index (χ1) is 10.3. The van der Waals surface area contributed by atoms with Gasteiger partial charge in [-0.2, -0.15) is 5.26 Å². The van der Waals surface area contributed by atoms with Crippen molar-refractivity contribution < 1.29 is 9.47 Å². The standard InChI is InChI=1S/C16H17N3O2/c1-20-15-6-5-13(8-16(15)21-2)14(9-17)19-11-12-4-3-7-18-10-12/h3-8,10,14,19H,11H2,1-2H3. The Hall–Kier alpha value is -2.58. The Morgan fingerprint density at radius 3 is 2.67 bits per heavy atom. The van der Waals surface area contributed by atoms with Crippen molar-refractivity contribution >= 4 is 0 Å². The van der Waals surface area contributed by atoms with E-state index in [4.69, 9.17) is 9.47 Å². The van der Waals surface area contributed by atoms with E-state index in [-0.39, 0.29) is 0 Å². The Labute approximate surface area is 124 Å². The van der Waals surface area contributed by atoms with Gasteiger partial charge in [0.25, 0.3) is 0 Å². The zero-order chi connectivity index (χ0) is 15.1. The van der Waals surface area contributed by atoms with E-state index in [0.29, 0.717) is 18.0 Å². The molecule has 0 saturated heterocycles. The van der Waals surface area contributed by atoms with Gasteiger partial charge in [-0.15, -0.1) is 0 Å². The molecular weight excluding hydrogens is 266 g/mol. The van der Waals surface area contributed by atoms with Crippen molar-refractivity contribution in [3.63, 3.8) is 0 Å². The molecule has 0 aliphatic heterocycles. The van der Waals surface area contributed by atoms with Gasteiger partial charge in [0.15, 0.2) is 11.5 Å². The van der Waals surface area contributed by atoms with Gasteiger partial charge in [0.2, 0.25) is 0 Å². The maximum Gasteiger partial charge on any atom is 0.161 e. The number of hydrogen-bond donors (Lipinski definition) is 1. The highest BCUT2D eigenvalue weighted by molar-refractivity contribution is 5.44. The lowest BCUT2D eigenvalue weighted by atomic mass is 10.1. The third kappa shape index (κ3) is 3.71. The summed E-state index contributed by atoms with van der Waals surface area (Å²) in [6.07, 6.45) is 3.50. The second-order valence-electron chi connectivity index (χ2n) is 4.42. The number of nitrogens with zero attached hydrogens (tertiary/aromatic N) is 2. The number of ether oxygens (including phenoxy) is 2. The summed E-state index contributed by atoms with van der Waals surface area (Å²) >= 11 is 0. The van der Waals surface area contributed by atoms with Gasteiger partial charge in [0.05, 0.1) is 20.3 Å². The number of benzene rings is 1. The molecule has 0 radical (unpaired) electrons. The summed E-state index contributed by atoms with van der Waals surface area (Å²) in [5.41, 5.74) is 1.86. The highest BCUT2D eigenvalue weighted by Crippen LogP contribution is 2.29. The summed E-state index contributed by atoms with van der Waals surface area (Å²) in [4.78, 5) is 4.05. The normalized spacial score (nSPS) is 11.5. The second-order valence-corrected chi connectivity index (χ2v) is 4.42. The summed E-state index contributed by atoms with van der Waals surface area (Å²) in [5, 5.41) is 12.5. The number of nitriles is 1. The Kier molecular flexibility index (Phi) is 5.13. The van der Waals surface area contributed by atoms with Crippen LogP contribution in [0.25, 0.3) is 0 Å². The summed E-state index contributed by atoms with van der Waals surface area (Å²) in [5.74, 6) is 1.25. The van der Waals surface area contributed by atoms with Crippen LogP contribution in [-0.2, 0) is 6.54 Å². The van der Waals surface area contributed by atoms with Crippen molar-refractivity contribution in [3.8, 4) is 17.6 Å². The van der Waals surface area contributed by atoms with E-state index < -0.39 is 6.04 Å². The van der Waals surface area contributed by atoms with E-state index in [9.17, 15) is 5.26 Å². The lowest BCUT2D eigenvalue weighted by Gasteiger charge is -2.14. The monoisotopic (exact) mass is 283 g/mol. The number of aromatic nitrogens is 1. The molecule has 5 heteroatoms. The molecule has 0 aliphatic rings. The van der Waals surface area contributed by atoms with Crippen molar-refractivity contribution in [1.29, 1.82) is 5.26 Å². The van der Waals surface area contributed by atoms with Crippen molar-refractivity contribution in [2.75, 3.05) is 14.2 Å². The topological polar surface area (TPSA) is 67.2 Å². The Balaban J connectivity index is 2.12. The quantitative estimate of drug-likeness (QED) is 0.882. The molecule has 1 aromatic heterocycles. The summed E-state index contributed by atoms with van der Waals surface area (Å²) in [6.45, 7) is 0.570. The van der Waals surface area contributed by atoms with Crippen molar-refractivity contribution in [2.24, 2.45) is 0 Å². The molecule has 1 atom stereocenters. The van der Waals surface area contributed by atoms with Gasteiger partial charge < -0.3 is 9.47 Å². The third-order valence-electron chi connectivity index (χ3n) is 3.10. The highest BCUT2D eigenvalue weighted by atomic mass is 16.5. The first-order valence-corrected chi connectivity index (χ1v) is 6.52. The molecule has 0 saturated carbocycles. The number of pyridine rings is 1. The summed E-state index contributed by atoms with van der Waals surface area (Å²) in [7, 11) is 3.16. The predicted molar refractivity (Wildman–Crippen MR) is 79.0 cm³/mol. The van der Waals surface area contributed by atoms with Crippen LogP contribution >= 0.6 is 0 Å². The summed E-state index contributed by atoms with van der Waals surface area (Å²) in [6, 6.07) is 11.1. The molecule has 21 heavy (non-hydrogen) atoms. The Morgan fingerprint density at radius 2 is 2.05 bits per heavy atom. The molecule has 1 unspecified atom stereocenters. The number of nitrogens with one attached hydrogen (secondary N) is 1. The lowest BCUT2D eigenvalue weighted by molar-refractivity contribution is 0.354. The van der Waals surface area contributed by atoms with E-state index in [0.717, 1.165) is 11.1 Å².